The lowest BCUT2D eigenvalue weighted by molar-refractivity contribution is -0.131. The summed E-state index contributed by atoms with van der Waals surface area (Å²) in [6.45, 7) is 0. The lowest BCUT2D eigenvalue weighted by atomic mass is 9.84. The fourth-order valence-corrected chi connectivity index (χ4v) is 4.31. The summed E-state index contributed by atoms with van der Waals surface area (Å²) in [5.74, 6) is -0.894. The minimum Gasteiger partial charge on any atom is -0.497 e. The topological polar surface area (TPSA) is 118 Å². The summed E-state index contributed by atoms with van der Waals surface area (Å²) in [5.41, 5.74) is 5.07. The molecule has 0 aliphatic heterocycles. The van der Waals surface area contributed by atoms with E-state index in [0.29, 0.717) is 46.3 Å². The zero-order valence-electron chi connectivity index (χ0n) is 17.3. The molecule has 1 atom stereocenters. The predicted molar refractivity (Wildman–Crippen MR) is 119 cm³/mol. The van der Waals surface area contributed by atoms with E-state index < -0.39 is 11.5 Å². The van der Waals surface area contributed by atoms with Crippen LogP contribution >= 0.6 is 11.6 Å². The van der Waals surface area contributed by atoms with Gasteiger partial charge in [-0.15, -0.1) is 0 Å². The summed E-state index contributed by atoms with van der Waals surface area (Å²) in [7, 11) is 1.54. The molecule has 0 saturated carbocycles. The maximum atomic E-state index is 13.0. The van der Waals surface area contributed by atoms with E-state index in [4.69, 9.17) is 22.1 Å². The number of Topliss-reactive ketones (excluding diaryl/α,β-unsaturated/α-hetero) is 1. The van der Waals surface area contributed by atoms with Gasteiger partial charge in [0.05, 0.1) is 12.8 Å². The van der Waals surface area contributed by atoms with Crippen LogP contribution in [0.5, 0.6) is 5.75 Å². The Bertz CT molecular complexity index is 1260. The number of rotatable bonds is 5. The number of amides is 1. The number of ketones is 1. The van der Waals surface area contributed by atoms with Crippen molar-refractivity contribution >= 4 is 23.3 Å². The van der Waals surface area contributed by atoms with E-state index >= 15 is 0 Å². The number of hydrogen-bond acceptors (Lipinski definition) is 5. The molecule has 0 spiro atoms. The number of halogens is 1. The molecule has 1 heterocycles. The molecule has 7 nitrogen and oxygen atoms in total. The third-order valence-electron chi connectivity index (χ3n) is 5.69. The maximum Gasteiger partial charge on any atom is 0.269 e. The molecule has 32 heavy (non-hydrogen) atoms. The number of nitrogens with zero attached hydrogens (tertiary/aromatic N) is 2. The van der Waals surface area contributed by atoms with Crippen LogP contribution in [-0.4, -0.2) is 28.5 Å². The second-order valence-electron chi connectivity index (χ2n) is 7.55. The number of aliphatic hydroxyl groups is 1. The number of primary amides is 1. The summed E-state index contributed by atoms with van der Waals surface area (Å²) in [4.78, 5) is 25.4. The molecule has 1 aliphatic rings. The summed E-state index contributed by atoms with van der Waals surface area (Å²) < 4.78 is 7.03. The van der Waals surface area contributed by atoms with Crippen molar-refractivity contribution in [2.75, 3.05) is 7.11 Å². The summed E-state index contributed by atoms with van der Waals surface area (Å²) in [5, 5.41) is 21.5. The number of nitriles is 1. The molecule has 162 valence electrons. The van der Waals surface area contributed by atoms with Crippen molar-refractivity contribution in [2.45, 2.75) is 24.9 Å². The molecule has 0 saturated heterocycles. The van der Waals surface area contributed by atoms with Crippen LogP contribution in [0.3, 0.4) is 0 Å². The van der Waals surface area contributed by atoms with Gasteiger partial charge >= 0.3 is 0 Å². The number of nitrogens with two attached hydrogens (primary N) is 1. The third-order valence-corrected chi connectivity index (χ3v) is 5.95. The fraction of sp³-hybridized carbons (Fsp3) is 0.208. The molecule has 8 heteroatoms. The molecule has 1 aliphatic carbocycles. The molecule has 4 rings (SSSR count). The number of ether oxygens (including phenoxy) is 1. The van der Waals surface area contributed by atoms with Crippen molar-refractivity contribution in [3.63, 3.8) is 0 Å². The minimum atomic E-state index is -2.69. The van der Waals surface area contributed by atoms with Crippen LogP contribution in [0.1, 0.15) is 34.5 Å². The van der Waals surface area contributed by atoms with E-state index in [0.717, 1.165) is 0 Å². The van der Waals surface area contributed by atoms with Gasteiger partial charge < -0.3 is 20.1 Å². The van der Waals surface area contributed by atoms with Crippen LogP contribution < -0.4 is 10.5 Å². The summed E-state index contributed by atoms with van der Waals surface area (Å²) in [6.07, 6.45) is 1.37. The molecule has 1 unspecified atom stereocenters. The molecule has 1 amide bonds. The average molecular weight is 450 g/mol. The monoisotopic (exact) mass is 449 g/mol. The van der Waals surface area contributed by atoms with Crippen molar-refractivity contribution in [1.82, 2.24) is 4.57 Å². The van der Waals surface area contributed by atoms with Crippen LogP contribution in [-0.2, 0) is 16.8 Å². The molecule has 0 fully saturated rings. The van der Waals surface area contributed by atoms with Gasteiger partial charge in [0.2, 0.25) is 0 Å². The number of aromatic nitrogens is 1. The standard InChI is InChI=1S/C24H20ClN3O4/c1-32-17-11-5-14(6-12-17)22-21(24(31,13-26)23(27)30)20-18(3-2-4-19(20)29)28(22)16-9-7-15(25)8-10-16/h5-12,31H,2-4H2,1H3,(H2,27,30). The molecular formula is C24H20ClN3O4. The van der Waals surface area contributed by atoms with Crippen LogP contribution in [0.4, 0.5) is 0 Å². The second-order valence-corrected chi connectivity index (χ2v) is 7.99. The Labute approximate surface area is 189 Å². The zero-order chi connectivity index (χ0) is 23.0. The highest BCUT2D eigenvalue weighted by atomic mass is 35.5. The van der Waals surface area contributed by atoms with Crippen molar-refractivity contribution in [1.29, 1.82) is 5.26 Å². The first-order valence-electron chi connectivity index (χ1n) is 9.97. The Morgan fingerprint density at radius 2 is 1.84 bits per heavy atom. The number of carbonyl (C=O) groups excluding carboxylic acids is 2. The van der Waals surface area contributed by atoms with E-state index in [1.165, 1.54) is 7.11 Å². The van der Waals surface area contributed by atoms with Gasteiger partial charge in [0, 0.05) is 34.0 Å². The van der Waals surface area contributed by atoms with Crippen LogP contribution in [0.25, 0.3) is 16.9 Å². The summed E-state index contributed by atoms with van der Waals surface area (Å²) in [6, 6.07) is 15.5. The van der Waals surface area contributed by atoms with Gasteiger partial charge in [-0.2, -0.15) is 5.26 Å². The Balaban J connectivity index is 2.17. The smallest absolute Gasteiger partial charge is 0.269 e. The van der Waals surface area contributed by atoms with E-state index in [1.807, 2.05) is 0 Å². The van der Waals surface area contributed by atoms with E-state index in [2.05, 4.69) is 0 Å². The van der Waals surface area contributed by atoms with Crippen LogP contribution in [0.15, 0.2) is 48.5 Å². The first-order valence-corrected chi connectivity index (χ1v) is 10.3. The van der Waals surface area contributed by atoms with E-state index in [-0.39, 0.29) is 23.3 Å². The van der Waals surface area contributed by atoms with Crippen LogP contribution in [0, 0.1) is 11.3 Å². The Morgan fingerprint density at radius 3 is 2.41 bits per heavy atom. The van der Waals surface area contributed by atoms with Gasteiger partial charge in [-0.3, -0.25) is 9.59 Å². The highest BCUT2D eigenvalue weighted by molar-refractivity contribution is 6.30. The van der Waals surface area contributed by atoms with Crippen molar-refractivity contribution < 1.29 is 19.4 Å². The molecule has 0 bridgehead atoms. The van der Waals surface area contributed by atoms with Gasteiger partial charge in [-0.05, 0) is 66.9 Å². The normalized spacial score (nSPS) is 14.9. The molecular weight excluding hydrogens is 430 g/mol. The maximum absolute atomic E-state index is 13.0. The van der Waals surface area contributed by atoms with Crippen molar-refractivity contribution in [2.24, 2.45) is 5.73 Å². The SMILES string of the molecule is COc1ccc(-c2c(C(O)(C#N)C(N)=O)c3c(n2-c2ccc(Cl)cc2)CCCC3=O)cc1. The first-order chi connectivity index (χ1) is 15.3. The minimum absolute atomic E-state index is 0.0904. The summed E-state index contributed by atoms with van der Waals surface area (Å²) >= 11 is 6.08. The highest BCUT2D eigenvalue weighted by Crippen LogP contribution is 2.43. The molecule has 3 aromatic rings. The quantitative estimate of drug-likeness (QED) is 0.577. The largest absolute Gasteiger partial charge is 0.497 e. The van der Waals surface area contributed by atoms with E-state index in [1.54, 1.807) is 59.2 Å². The Kier molecular flexibility index (Phi) is 5.51. The molecule has 1 aromatic heterocycles. The van der Waals surface area contributed by atoms with Gasteiger partial charge in [-0.25, -0.2) is 0 Å². The molecule has 0 radical (unpaired) electrons. The van der Waals surface area contributed by atoms with Crippen molar-refractivity contribution in [3.05, 3.63) is 70.4 Å². The van der Waals surface area contributed by atoms with Gasteiger partial charge in [0.1, 0.15) is 11.8 Å². The number of benzene rings is 2. The van der Waals surface area contributed by atoms with Gasteiger partial charge in [0.15, 0.2) is 5.78 Å². The third kappa shape index (κ3) is 3.34. The number of fused-ring (bicyclic) bond motifs is 1. The number of carbonyl (C=O) groups is 2. The van der Waals surface area contributed by atoms with Crippen molar-refractivity contribution in [3.8, 4) is 28.8 Å². The number of hydrogen-bond donors (Lipinski definition) is 2. The first kappa shape index (κ1) is 21.6. The Morgan fingerprint density at radius 1 is 1.19 bits per heavy atom. The molecule has 2 aromatic carbocycles. The fourth-order valence-electron chi connectivity index (χ4n) is 4.18. The lowest BCUT2D eigenvalue weighted by Gasteiger charge is -2.20. The second kappa shape index (κ2) is 8.15. The van der Waals surface area contributed by atoms with Gasteiger partial charge in [-0.1, -0.05) is 11.6 Å². The predicted octanol–water partition coefficient (Wildman–Crippen LogP) is 3.52. The Hall–Kier alpha value is -3.60. The van der Waals surface area contributed by atoms with Gasteiger partial charge in [0.25, 0.3) is 11.5 Å². The molecule has 3 N–H and O–H groups in total. The van der Waals surface area contributed by atoms with Crippen LogP contribution in [0.2, 0.25) is 5.02 Å². The lowest BCUT2D eigenvalue weighted by Crippen LogP contribution is -2.41. The highest BCUT2D eigenvalue weighted by Gasteiger charge is 2.46. The zero-order valence-corrected chi connectivity index (χ0v) is 18.0. The van der Waals surface area contributed by atoms with E-state index in [9.17, 15) is 20.0 Å². The number of methoxy groups -OCH3 is 1. The average Bonchev–Trinajstić information content (AvgIpc) is 3.16.